The smallest absolute Gasteiger partial charge is 0.126 e. The predicted octanol–water partition coefficient (Wildman–Crippen LogP) is 6.44. The van der Waals surface area contributed by atoms with Crippen LogP contribution >= 0.6 is 23.2 Å². The Morgan fingerprint density at radius 3 is 2.29 bits per heavy atom. The summed E-state index contributed by atoms with van der Waals surface area (Å²) >= 11 is 12.8. The Labute approximate surface area is 151 Å². The van der Waals surface area contributed by atoms with E-state index in [-0.39, 0.29) is 0 Å². The van der Waals surface area contributed by atoms with Crippen LogP contribution in [0.25, 0.3) is 27.5 Å². The van der Waals surface area contributed by atoms with Gasteiger partial charge in [-0.1, -0.05) is 54.0 Å². The molecular formula is C20H17Cl2NO. The molecule has 2 N–H and O–H groups in total. The molecule has 2 nitrogen and oxygen atoms in total. The number of rotatable bonds is 3. The monoisotopic (exact) mass is 357 g/mol. The number of hydrogen-bond acceptors (Lipinski definition) is 2. The molecule has 0 aliphatic carbocycles. The summed E-state index contributed by atoms with van der Waals surface area (Å²) < 4.78 is 5.49. The largest absolute Gasteiger partial charge is 0.496 e. The topological polar surface area (TPSA) is 35.2 Å². The Kier molecular flexibility index (Phi) is 4.44. The molecule has 4 heteroatoms. The van der Waals surface area contributed by atoms with Gasteiger partial charge in [0, 0.05) is 16.8 Å². The number of halogens is 2. The Morgan fingerprint density at radius 1 is 1.04 bits per heavy atom. The molecule has 3 rings (SSSR count). The first-order valence-corrected chi connectivity index (χ1v) is 8.20. The second-order valence-electron chi connectivity index (χ2n) is 5.68. The molecule has 0 aliphatic rings. The van der Waals surface area contributed by atoms with Crippen LogP contribution in [0.5, 0.6) is 5.75 Å². The van der Waals surface area contributed by atoms with Crippen LogP contribution in [0.15, 0.2) is 49.0 Å². The SMILES string of the molecule is C=C(C)c1c(OC)ccc2c(-c3c(Cl)cc(N)cc3Cl)cccc12. The maximum absolute atomic E-state index is 6.42. The minimum absolute atomic E-state index is 0.528. The van der Waals surface area contributed by atoms with Gasteiger partial charge in [-0.3, -0.25) is 0 Å². The number of ether oxygens (including phenoxy) is 1. The van der Waals surface area contributed by atoms with Crippen LogP contribution in [0, 0.1) is 0 Å². The van der Waals surface area contributed by atoms with Crippen LogP contribution in [-0.2, 0) is 0 Å². The van der Waals surface area contributed by atoms with E-state index < -0.39 is 0 Å². The van der Waals surface area contributed by atoms with E-state index in [1.807, 2.05) is 37.3 Å². The Morgan fingerprint density at radius 2 is 1.71 bits per heavy atom. The van der Waals surface area contributed by atoms with Gasteiger partial charge in [-0.15, -0.1) is 0 Å². The van der Waals surface area contributed by atoms with Crippen molar-refractivity contribution in [3.8, 4) is 16.9 Å². The number of fused-ring (bicyclic) bond motifs is 1. The third-order valence-corrected chi connectivity index (χ3v) is 4.60. The van der Waals surface area contributed by atoms with E-state index in [0.717, 1.165) is 38.8 Å². The summed E-state index contributed by atoms with van der Waals surface area (Å²) in [6.45, 7) is 6.05. The van der Waals surface area contributed by atoms with Gasteiger partial charge in [0.1, 0.15) is 5.75 Å². The molecule has 0 atom stereocenters. The molecule has 0 amide bonds. The molecule has 0 aromatic heterocycles. The molecule has 0 fully saturated rings. The van der Waals surface area contributed by atoms with Crippen molar-refractivity contribution >= 4 is 45.2 Å². The lowest BCUT2D eigenvalue weighted by Gasteiger charge is -2.16. The molecule has 0 saturated carbocycles. The molecule has 0 heterocycles. The maximum atomic E-state index is 6.42. The predicted molar refractivity (Wildman–Crippen MR) is 105 cm³/mol. The van der Waals surface area contributed by atoms with Crippen molar-refractivity contribution in [2.24, 2.45) is 0 Å². The molecule has 0 saturated heterocycles. The van der Waals surface area contributed by atoms with Gasteiger partial charge in [-0.05, 0) is 47.0 Å². The molecule has 3 aromatic rings. The van der Waals surface area contributed by atoms with Gasteiger partial charge in [0.2, 0.25) is 0 Å². The zero-order chi connectivity index (χ0) is 17.4. The standard InChI is InChI=1S/C20H17Cl2NO/c1-11(2)19-14-5-4-6-15(13(14)7-8-18(19)24-3)20-16(21)9-12(23)10-17(20)22/h4-10H,1,23H2,2-3H3. The van der Waals surface area contributed by atoms with Gasteiger partial charge in [0.15, 0.2) is 0 Å². The van der Waals surface area contributed by atoms with Crippen molar-refractivity contribution in [2.45, 2.75) is 6.92 Å². The van der Waals surface area contributed by atoms with E-state index in [4.69, 9.17) is 33.7 Å². The van der Waals surface area contributed by atoms with Gasteiger partial charge in [-0.2, -0.15) is 0 Å². The molecule has 0 unspecified atom stereocenters. The lowest BCUT2D eigenvalue weighted by molar-refractivity contribution is 0.414. The highest BCUT2D eigenvalue weighted by Crippen LogP contribution is 2.42. The molecule has 0 radical (unpaired) electrons. The zero-order valence-electron chi connectivity index (χ0n) is 13.5. The van der Waals surface area contributed by atoms with E-state index in [2.05, 4.69) is 6.58 Å². The van der Waals surface area contributed by atoms with Gasteiger partial charge in [0.05, 0.1) is 17.2 Å². The lowest BCUT2D eigenvalue weighted by atomic mass is 9.93. The summed E-state index contributed by atoms with van der Waals surface area (Å²) in [5.74, 6) is 0.793. The molecular weight excluding hydrogens is 341 g/mol. The number of anilines is 1. The number of methoxy groups -OCH3 is 1. The first-order valence-electron chi connectivity index (χ1n) is 7.44. The minimum Gasteiger partial charge on any atom is -0.496 e. The van der Waals surface area contributed by atoms with Crippen molar-refractivity contribution in [3.63, 3.8) is 0 Å². The van der Waals surface area contributed by atoms with Crippen LogP contribution in [0.2, 0.25) is 10.0 Å². The molecule has 0 bridgehead atoms. The highest BCUT2D eigenvalue weighted by Gasteiger charge is 2.16. The normalized spacial score (nSPS) is 10.8. The van der Waals surface area contributed by atoms with Gasteiger partial charge in [0.25, 0.3) is 0 Å². The van der Waals surface area contributed by atoms with Crippen LogP contribution < -0.4 is 10.5 Å². The van der Waals surface area contributed by atoms with Crippen molar-refractivity contribution in [3.05, 3.63) is 64.7 Å². The van der Waals surface area contributed by atoms with E-state index in [1.54, 1.807) is 19.2 Å². The third kappa shape index (κ3) is 2.72. The summed E-state index contributed by atoms with van der Waals surface area (Å²) in [5, 5.41) is 3.13. The minimum atomic E-state index is 0.528. The van der Waals surface area contributed by atoms with Crippen molar-refractivity contribution in [1.82, 2.24) is 0 Å². The van der Waals surface area contributed by atoms with Crippen molar-refractivity contribution in [1.29, 1.82) is 0 Å². The Hall–Kier alpha value is -2.16. The number of allylic oxidation sites excluding steroid dienone is 1. The zero-order valence-corrected chi connectivity index (χ0v) is 15.0. The van der Waals surface area contributed by atoms with Crippen LogP contribution in [0.3, 0.4) is 0 Å². The van der Waals surface area contributed by atoms with E-state index in [9.17, 15) is 0 Å². The van der Waals surface area contributed by atoms with Gasteiger partial charge < -0.3 is 10.5 Å². The average molecular weight is 358 g/mol. The van der Waals surface area contributed by atoms with Crippen molar-refractivity contribution < 1.29 is 4.74 Å². The molecule has 122 valence electrons. The summed E-state index contributed by atoms with van der Waals surface area (Å²) in [6, 6.07) is 13.4. The second-order valence-corrected chi connectivity index (χ2v) is 6.50. The first kappa shape index (κ1) is 16.7. The molecule has 24 heavy (non-hydrogen) atoms. The summed E-state index contributed by atoms with van der Waals surface area (Å²) in [7, 11) is 1.66. The Bertz CT molecular complexity index is 940. The van der Waals surface area contributed by atoms with E-state index in [1.165, 1.54) is 0 Å². The molecule has 3 aromatic carbocycles. The first-order chi connectivity index (χ1) is 11.4. The van der Waals surface area contributed by atoms with E-state index in [0.29, 0.717) is 15.7 Å². The van der Waals surface area contributed by atoms with E-state index >= 15 is 0 Å². The van der Waals surface area contributed by atoms with Gasteiger partial charge >= 0.3 is 0 Å². The summed E-state index contributed by atoms with van der Waals surface area (Å²) in [5.41, 5.74) is 10.0. The summed E-state index contributed by atoms with van der Waals surface area (Å²) in [4.78, 5) is 0. The number of hydrogen-bond donors (Lipinski definition) is 1. The fourth-order valence-electron chi connectivity index (χ4n) is 3.02. The lowest BCUT2D eigenvalue weighted by Crippen LogP contribution is -1.93. The fraction of sp³-hybridized carbons (Fsp3) is 0.100. The summed E-state index contributed by atoms with van der Waals surface area (Å²) in [6.07, 6.45) is 0. The Balaban J connectivity index is 2.40. The van der Waals surface area contributed by atoms with Crippen LogP contribution in [0.4, 0.5) is 5.69 Å². The number of nitrogens with two attached hydrogens (primary N) is 1. The van der Waals surface area contributed by atoms with Crippen molar-refractivity contribution in [2.75, 3.05) is 12.8 Å². The number of benzene rings is 3. The number of nitrogen functional groups attached to an aromatic ring is 1. The molecule has 0 aliphatic heterocycles. The van der Waals surface area contributed by atoms with Crippen LogP contribution in [0.1, 0.15) is 12.5 Å². The highest BCUT2D eigenvalue weighted by atomic mass is 35.5. The van der Waals surface area contributed by atoms with Gasteiger partial charge in [-0.25, -0.2) is 0 Å². The third-order valence-electron chi connectivity index (χ3n) is 4.00. The van der Waals surface area contributed by atoms with Crippen LogP contribution in [-0.4, -0.2) is 7.11 Å². The highest BCUT2D eigenvalue weighted by molar-refractivity contribution is 6.40. The maximum Gasteiger partial charge on any atom is 0.126 e. The fourth-order valence-corrected chi connectivity index (χ4v) is 3.72. The average Bonchev–Trinajstić information content (AvgIpc) is 2.52. The second kappa shape index (κ2) is 6.39. The molecule has 0 spiro atoms. The quantitative estimate of drug-likeness (QED) is 0.547.